The molecule has 0 spiro atoms. The molecule has 1 aliphatic rings. The monoisotopic (exact) mass is 571 g/mol. The molecule has 0 bridgehead atoms. The summed E-state index contributed by atoms with van der Waals surface area (Å²) in [5, 5.41) is 11.4. The number of fused-ring (bicyclic) bond motifs is 1. The van der Waals surface area contributed by atoms with Crippen molar-refractivity contribution in [2.45, 2.75) is 31.6 Å². The van der Waals surface area contributed by atoms with Crippen LogP contribution in [0.2, 0.25) is 0 Å². The molecule has 4 rings (SSSR count). The van der Waals surface area contributed by atoms with Gasteiger partial charge in [-0.15, -0.1) is 0 Å². The highest BCUT2D eigenvalue weighted by Crippen LogP contribution is 2.38. The van der Waals surface area contributed by atoms with E-state index in [9.17, 15) is 22.8 Å². The third kappa shape index (κ3) is 7.23. The highest BCUT2D eigenvalue weighted by atomic mass is 19.4. The van der Waals surface area contributed by atoms with Crippen LogP contribution in [0.5, 0.6) is 5.75 Å². The number of likely N-dealkylation sites (N-methyl/N-ethyl adjacent to an activating group) is 1. The van der Waals surface area contributed by atoms with Gasteiger partial charge in [-0.05, 0) is 49.8 Å². The third-order valence-corrected chi connectivity index (χ3v) is 6.56. The Balaban J connectivity index is 1.59. The average Bonchev–Trinajstić information content (AvgIpc) is 3.24. The Bertz CT molecular complexity index is 1410. The number of amides is 2. The molecule has 1 aromatic heterocycles. The third-order valence-electron chi connectivity index (χ3n) is 6.56. The van der Waals surface area contributed by atoms with Crippen LogP contribution in [0.4, 0.5) is 30.6 Å². The maximum absolute atomic E-state index is 14.0. The molecule has 2 atom stereocenters. The first kappa shape index (κ1) is 29.6. The van der Waals surface area contributed by atoms with E-state index in [1.807, 2.05) is 43.3 Å². The lowest BCUT2D eigenvalue weighted by Crippen LogP contribution is -2.37. The molecule has 41 heavy (non-hydrogen) atoms. The minimum atomic E-state index is -4.73. The summed E-state index contributed by atoms with van der Waals surface area (Å²) in [6.07, 6.45) is -3.64. The first-order valence-corrected chi connectivity index (χ1v) is 12.9. The molecule has 0 aliphatic heterocycles. The smallest absolute Gasteiger partial charge is 0.421 e. The zero-order valence-electron chi connectivity index (χ0n) is 23.1. The number of hydrogen-bond acceptors (Lipinski definition) is 8. The van der Waals surface area contributed by atoms with E-state index in [0.717, 1.165) is 11.1 Å². The van der Waals surface area contributed by atoms with Gasteiger partial charge in [0.15, 0.2) is 0 Å². The minimum absolute atomic E-state index is 0.117. The van der Waals surface area contributed by atoms with Gasteiger partial charge in [0.1, 0.15) is 17.1 Å². The molecule has 2 amide bonds. The van der Waals surface area contributed by atoms with Crippen LogP contribution in [0, 0.1) is 0 Å². The minimum Gasteiger partial charge on any atom is -0.495 e. The van der Waals surface area contributed by atoms with Gasteiger partial charge in [0, 0.05) is 31.8 Å². The number of ether oxygens (including phenoxy) is 1. The van der Waals surface area contributed by atoms with Gasteiger partial charge in [0.25, 0.3) is 5.91 Å². The summed E-state index contributed by atoms with van der Waals surface area (Å²) in [4.78, 5) is 34.4. The highest BCUT2D eigenvalue weighted by molar-refractivity contribution is 5.95. The molecule has 4 N–H and O–H groups in total. The van der Waals surface area contributed by atoms with Crippen LogP contribution in [0.3, 0.4) is 0 Å². The van der Waals surface area contributed by atoms with Gasteiger partial charge in [-0.25, -0.2) is 4.98 Å². The topological polar surface area (TPSA) is 121 Å². The summed E-state index contributed by atoms with van der Waals surface area (Å²) in [6.45, 7) is 2.48. The van der Waals surface area contributed by atoms with Gasteiger partial charge >= 0.3 is 6.18 Å². The summed E-state index contributed by atoms with van der Waals surface area (Å²) in [6, 6.07) is 10.9. The molecule has 0 radical (unpaired) electrons. The number of benzene rings is 2. The van der Waals surface area contributed by atoms with Crippen molar-refractivity contribution in [2.24, 2.45) is 0 Å². The summed E-state index contributed by atoms with van der Waals surface area (Å²) in [5.41, 5.74) is 1.41. The molecule has 3 aromatic rings. The van der Waals surface area contributed by atoms with E-state index in [1.54, 1.807) is 12.1 Å². The molecule has 13 heteroatoms. The Morgan fingerprint density at radius 3 is 2.59 bits per heavy atom. The van der Waals surface area contributed by atoms with E-state index in [1.165, 1.54) is 20.1 Å². The molecule has 0 saturated heterocycles. The largest absolute Gasteiger partial charge is 0.495 e. The van der Waals surface area contributed by atoms with E-state index in [4.69, 9.17) is 4.74 Å². The molecule has 218 valence electrons. The number of halogens is 3. The fraction of sp³-hybridized carbons (Fsp3) is 0.357. The number of carbonyl (C=O) groups excluding carboxylic acids is 2. The molecule has 0 fully saturated rings. The van der Waals surface area contributed by atoms with E-state index >= 15 is 0 Å². The van der Waals surface area contributed by atoms with Crippen molar-refractivity contribution in [3.8, 4) is 5.75 Å². The predicted octanol–water partition coefficient (Wildman–Crippen LogP) is 3.75. The van der Waals surface area contributed by atoms with Crippen LogP contribution in [-0.2, 0) is 17.4 Å². The van der Waals surface area contributed by atoms with Crippen molar-refractivity contribution in [3.63, 3.8) is 0 Å². The first-order chi connectivity index (χ1) is 19.5. The number of rotatable bonds is 10. The quantitative estimate of drug-likeness (QED) is 0.291. The molecule has 0 saturated carbocycles. The zero-order valence-corrected chi connectivity index (χ0v) is 23.1. The lowest BCUT2D eigenvalue weighted by molar-refractivity contribution is -0.137. The Labute approximate surface area is 235 Å². The second-order valence-corrected chi connectivity index (χ2v) is 9.88. The first-order valence-electron chi connectivity index (χ1n) is 12.9. The van der Waals surface area contributed by atoms with Crippen molar-refractivity contribution in [2.75, 3.05) is 44.9 Å². The normalized spacial score (nSPS) is 16.2. The summed E-state index contributed by atoms with van der Waals surface area (Å²) in [5.74, 6) is -0.866. The lowest BCUT2D eigenvalue weighted by Gasteiger charge is -2.24. The summed E-state index contributed by atoms with van der Waals surface area (Å²) >= 11 is 0. The average molecular weight is 572 g/mol. The Hall–Kier alpha value is -4.39. The van der Waals surface area contributed by atoms with Gasteiger partial charge in [-0.1, -0.05) is 24.3 Å². The highest BCUT2D eigenvalue weighted by Gasteiger charge is 2.39. The summed E-state index contributed by atoms with van der Waals surface area (Å²) < 4.78 is 47.3. The SMILES string of the molecule is COc1cc(C(=O)NCCN(C)C)ccc1Nc1ncc(C(F)(F)F)c(N[C@@H]2Cc3ccccc3[C@H]2NC(C)=O)n1. The van der Waals surface area contributed by atoms with Crippen LogP contribution in [0.25, 0.3) is 0 Å². The van der Waals surface area contributed by atoms with E-state index < -0.39 is 29.6 Å². The van der Waals surface area contributed by atoms with Crippen molar-refractivity contribution in [1.29, 1.82) is 0 Å². The van der Waals surface area contributed by atoms with Crippen molar-refractivity contribution in [3.05, 3.63) is 70.9 Å². The molecular weight excluding hydrogens is 539 g/mol. The standard InChI is InChI=1S/C28H32F3N7O3/c1-16(39)34-24-19-8-6-5-7-17(19)13-22(24)35-25-20(28(29,30)31)15-33-27(37-25)36-21-10-9-18(14-23(21)41-4)26(40)32-11-12-38(2)3/h5-10,14-15,22,24H,11-13H2,1-4H3,(H,32,40)(H,34,39)(H2,33,35,36,37)/t22-,24-/m1/s1. The number of alkyl halides is 3. The number of methoxy groups -OCH3 is 1. The van der Waals surface area contributed by atoms with Crippen molar-refractivity contribution >= 4 is 29.3 Å². The van der Waals surface area contributed by atoms with Crippen LogP contribution >= 0.6 is 0 Å². The van der Waals surface area contributed by atoms with Crippen molar-refractivity contribution < 1.29 is 27.5 Å². The number of anilines is 3. The van der Waals surface area contributed by atoms with Gasteiger partial charge in [0.05, 0.1) is 24.9 Å². The van der Waals surface area contributed by atoms with E-state index in [2.05, 4.69) is 31.2 Å². The number of hydrogen-bond donors (Lipinski definition) is 4. The summed E-state index contributed by atoms with van der Waals surface area (Å²) in [7, 11) is 5.21. The van der Waals surface area contributed by atoms with E-state index in [0.29, 0.717) is 37.0 Å². The van der Waals surface area contributed by atoms with Crippen LogP contribution in [0.1, 0.15) is 40.0 Å². The van der Waals surface area contributed by atoms with Crippen LogP contribution < -0.4 is 26.0 Å². The number of nitrogens with zero attached hydrogens (tertiary/aromatic N) is 3. The Morgan fingerprint density at radius 2 is 1.90 bits per heavy atom. The van der Waals surface area contributed by atoms with Gasteiger partial charge in [-0.2, -0.15) is 18.2 Å². The molecule has 0 unspecified atom stereocenters. The zero-order chi connectivity index (χ0) is 29.7. The molecule has 2 aromatic carbocycles. The van der Waals surface area contributed by atoms with Crippen molar-refractivity contribution in [1.82, 2.24) is 25.5 Å². The predicted molar refractivity (Wildman–Crippen MR) is 148 cm³/mol. The Kier molecular flexibility index (Phi) is 8.96. The fourth-order valence-electron chi connectivity index (χ4n) is 4.61. The van der Waals surface area contributed by atoms with E-state index in [-0.39, 0.29) is 23.5 Å². The maximum atomic E-state index is 14.0. The molecule has 1 aliphatic carbocycles. The molecular formula is C28H32F3N7O3. The second kappa shape index (κ2) is 12.4. The number of carbonyl (C=O) groups is 2. The van der Waals surface area contributed by atoms with Crippen LogP contribution in [0.15, 0.2) is 48.7 Å². The fourth-order valence-corrected chi connectivity index (χ4v) is 4.61. The lowest BCUT2D eigenvalue weighted by atomic mass is 10.1. The molecule has 1 heterocycles. The van der Waals surface area contributed by atoms with Gasteiger partial charge in [0.2, 0.25) is 11.9 Å². The maximum Gasteiger partial charge on any atom is 0.421 e. The second-order valence-electron chi connectivity index (χ2n) is 9.88. The Morgan fingerprint density at radius 1 is 1.15 bits per heavy atom. The number of nitrogens with one attached hydrogen (secondary N) is 4. The van der Waals surface area contributed by atoms with Crippen LogP contribution in [-0.4, -0.2) is 67.0 Å². The van der Waals surface area contributed by atoms with Gasteiger partial charge < -0.3 is 30.9 Å². The van der Waals surface area contributed by atoms with Gasteiger partial charge in [-0.3, -0.25) is 9.59 Å². The number of aromatic nitrogens is 2. The molecule has 10 nitrogen and oxygen atoms in total.